The van der Waals surface area contributed by atoms with Gasteiger partial charge in [-0.25, -0.2) is 0 Å². The summed E-state index contributed by atoms with van der Waals surface area (Å²) in [6.45, 7) is 7.67. The third-order valence-corrected chi connectivity index (χ3v) is 3.72. The molecule has 1 amide bonds. The van der Waals surface area contributed by atoms with Crippen LogP contribution in [0.5, 0.6) is 0 Å². The maximum atomic E-state index is 12.0. The molecule has 0 bridgehead atoms. The van der Waals surface area contributed by atoms with Gasteiger partial charge in [-0.1, -0.05) is 51.1 Å². The zero-order valence-corrected chi connectivity index (χ0v) is 12.3. The van der Waals surface area contributed by atoms with Gasteiger partial charge in [0.05, 0.1) is 12.1 Å². The second kappa shape index (κ2) is 6.71. The molecule has 0 saturated carbocycles. The maximum absolute atomic E-state index is 12.0. The Balaban J connectivity index is 2.54. The predicted octanol–water partition coefficient (Wildman–Crippen LogP) is 2.53. The van der Waals surface area contributed by atoms with E-state index in [0.29, 0.717) is 6.42 Å². The van der Waals surface area contributed by atoms with E-state index in [-0.39, 0.29) is 17.4 Å². The summed E-state index contributed by atoms with van der Waals surface area (Å²) >= 11 is 0. The van der Waals surface area contributed by atoms with Crippen LogP contribution in [-0.4, -0.2) is 23.2 Å². The van der Waals surface area contributed by atoms with E-state index in [0.717, 1.165) is 12.0 Å². The standard InChI is InChI=1S/C16H25NO2/c1-5-16(3,4)15(19)17-12(2)14(18)11-13-9-7-6-8-10-13/h6-10,12,14,18H,5,11H2,1-4H3,(H,17,19). The first kappa shape index (κ1) is 15.7. The molecule has 0 heterocycles. The number of nitrogens with one attached hydrogen (secondary N) is 1. The van der Waals surface area contributed by atoms with Gasteiger partial charge >= 0.3 is 0 Å². The summed E-state index contributed by atoms with van der Waals surface area (Å²) in [7, 11) is 0. The monoisotopic (exact) mass is 263 g/mol. The molecule has 106 valence electrons. The molecule has 2 N–H and O–H groups in total. The SMILES string of the molecule is CCC(C)(C)C(=O)NC(C)C(O)Cc1ccccc1. The molecule has 0 fully saturated rings. The minimum absolute atomic E-state index is 0.00499. The zero-order chi connectivity index (χ0) is 14.5. The van der Waals surface area contributed by atoms with E-state index in [1.54, 1.807) is 0 Å². The second-order valence-corrected chi connectivity index (χ2v) is 5.76. The fourth-order valence-electron chi connectivity index (χ4n) is 1.69. The van der Waals surface area contributed by atoms with Crippen LogP contribution in [0.3, 0.4) is 0 Å². The molecule has 3 nitrogen and oxygen atoms in total. The van der Waals surface area contributed by atoms with Gasteiger partial charge in [0.1, 0.15) is 0 Å². The van der Waals surface area contributed by atoms with Gasteiger partial charge < -0.3 is 10.4 Å². The highest BCUT2D eigenvalue weighted by Crippen LogP contribution is 2.20. The van der Waals surface area contributed by atoms with Crippen molar-refractivity contribution in [3.8, 4) is 0 Å². The maximum Gasteiger partial charge on any atom is 0.225 e. The highest BCUT2D eigenvalue weighted by atomic mass is 16.3. The van der Waals surface area contributed by atoms with Gasteiger partial charge in [0.15, 0.2) is 0 Å². The molecule has 0 aromatic heterocycles. The number of carbonyl (C=O) groups is 1. The average Bonchev–Trinajstić information content (AvgIpc) is 2.39. The van der Waals surface area contributed by atoms with Crippen molar-refractivity contribution in [2.24, 2.45) is 5.41 Å². The number of carbonyl (C=O) groups excluding carboxylic acids is 1. The van der Waals surface area contributed by atoms with Crippen molar-refractivity contribution >= 4 is 5.91 Å². The normalized spacial score (nSPS) is 14.8. The summed E-state index contributed by atoms with van der Waals surface area (Å²) < 4.78 is 0. The number of hydrogen-bond donors (Lipinski definition) is 2. The summed E-state index contributed by atoms with van der Waals surface area (Å²) in [6, 6.07) is 9.56. The Morgan fingerprint density at radius 3 is 2.42 bits per heavy atom. The van der Waals surface area contributed by atoms with Crippen LogP contribution in [0.4, 0.5) is 0 Å². The Morgan fingerprint density at radius 1 is 1.32 bits per heavy atom. The topological polar surface area (TPSA) is 49.3 Å². The molecule has 19 heavy (non-hydrogen) atoms. The van der Waals surface area contributed by atoms with Crippen molar-refractivity contribution in [1.82, 2.24) is 5.32 Å². The Kier molecular flexibility index (Phi) is 5.55. The van der Waals surface area contributed by atoms with Crippen LogP contribution in [0.1, 0.15) is 39.7 Å². The van der Waals surface area contributed by atoms with Crippen LogP contribution in [0.25, 0.3) is 0 Å². The molecule has 2 unspecified atom stereocenters. The first-order valence-electron chi connectivity index (χ1n) is 6.89. The van der Waals surface area contributed by atoms with Gasteiger partial charge in [0, 0.05) is 11.8 Å². The number of amides is 1. The Morgan fingerprint density at radius 2 is 1.89 bits per heavy atom. The molecule has 0 radical (unpaired) electrons. The van der Waals surface area contributed by atoms with Crippen molar-refractivity contribution < 1.29 is 9.90 Å². The number of aliphatic hydroxyl groups excluding tert-OH is 1. The van der Waals surface area contributed by atoms with Gasteiger partial charge in [-0.2, -0.15) is 0 Å². The van der Waals surface area contributed by atoms with E-state index < -0.39 is 6.10 Å². The minimum Gasteiger partial charge on any atom is -0.391 e. The molecule has 1 rings (SSSR count). The average molecular weight is 263 g/mol. The predicted molar refractivity (Wildman–Crippen MR) is 77.8 cm³/mol. The zero-order valence-electron chi connectivity index (χ0n) is 12.3. The fraction of sp³-hybridized carbons (Fsp3) is 0.562. The van der Waals surface area contributed by atoms with E-state index in [1.165, 1.54) is 0 Å². The van der Waals surface area contributed by atoms with Crippen molar-refractivity contribution in [3.05, 3.63) is 35.9 Å². The van der Waals surface area contributed by atoms with E-state index in [9.17, 15) is 9.90 Å². The first-order valence-corrected chi connectivity index (χ1v) is 6.89. The molecular formula is C16H25NO2. The van der Waals surface area contributed by atoms with Crippen LogP contribution in [0.15, 0.2) is 30.3 Å². The highest BCUT2D eigenvalue weighted by Gasteiger charge is 2.28. The van der Waals surface area contributed by atoms with E-state index in [1.807, 2.05) is 58.0 Å². The summed E-state index contributed by atoms with van der Waals surface area (Å²) in [5, 5.41) is 13.0. The summed E-state index contributed by atoms with van der Waals surface area (Å²) in [4.78, 5) is 12.0. The second-order valence-electron chi connectivity index (χ2n) is 5.76. The number of hydrogen-bond acceptors (Lipinski definition) is 2. The molecule has 1 aromatic rings. The van der Waals surface area contributed by atoms with Crippen molar-refractivity contribution in [2.45, 2.75) is 52.7 Å². The molecular weight excluding hydrogens is 238 g/mol. The minimum atomic E-state index is -0.570. The van der Waals surface area contributed by atoms with Gasteiger partial charge in [0.2, 0.25) is 5.91 Å². The number of benzene rings is 1. The third-order valence-electron chi connectivity index (χ3n) is 3.72. The van der Waals surface area contributed by atoms with Crippen molar-refractivity contribution in [3.63, 3.8) is 0 Å². The van der Waals surface area contributed by atoms with Crippen LogP contribution in [0.2, 0.25) is 0 Å². The van der Waals surface area contributed by atoms with E-state index in [2.05, 4.69) is 5.32 Å². The Hall–Kier alpha value is -1.35. The summed E-state index contributed by atoms with van der Waals surface area (Å²) in [6.07, 6.45) is 0.758. The van der Waals surface area contributed by atoms with Gasteiger partial charge in [-0.05, 0) is 18.9 Å². The summed E-state index contributed by atoms with van der Waals surface area (Å²) in [5.74, 6) is -0.00499. The van der Waals surface area contributed by atoms with Crippen LogP contribution in [0, 0.1) is 5.41 Å². The molecule has 3 heteroatoms. The van der Waals surface area contributed by atoms with Crippen LogP contribution in [-0.2, 0) is 11.2 Å². The smallest absolute Gasteiger partial charge is 0.225 e. The highest BCUT2D eigenvalue weighted by molar-refractivity contribution is 5.82. The molecule has 0 spiro atoms. The van der Waals surface area contributed by atoms with Crippen molar-refractivity contribution in [2.75, 3.05) is 0 Å². The van der Waals surface area contributed by atoms with Gasteiger partial charge in [-0.3, -0.25) is 4.79 Å². The van der Waals surface area contributed by atoms with E-state index >= 15 is 0 Å². The molecule has 0 saturated heterocycles. The molecule has 2 atom stereocenters. The fourth-order valence-corrected chi connectivity index (χ4v) is 1.69. The lowest BCUT2D eigenvalue weighted by Crippen LogP contribution is -2.47. The Bertz CT molecular complexity index is 400. The van der Waals surface area contributed by atoms with Gasteiger partial charge in [0.25, 0.3) is 0 Å². The third kappa shape index (κ3) is 4.67. The molecule has 0 aliphatic carbocycles. The van der Waals surface area contributed by atoms with Gasteiger partial charge in [-0.15, -0.1) is 0 Å². The number of rotatable bonds is 6. The van der Waals surface area contributed by atoms with Crippen LogP contribution >= 0.6 is 0 Å². The quantitative estimate of drug-likeness (QED) is 0.828. The molecule has 0 aliphatic rings. The van der Waals surface area contributed by atoms with E-state index in [4.69, 9.17) is 0 Å². The van der Waals surface area contributed by atoms with Crippen LogP contribution < -0.4 is 5.32 Å². The lowest BCUT2D eigenvalue weighted by Gasteiger charge is -2.27. The lowest BCUT2D eigenvalue weighted by molar-refractivity contribution is -0.130. The van der Waals surface area contributed by atoms with Crippen molar-refractivity contribution in [1.29, 1.82) is 0 Å². The largest absolute Gasteiger partial charge is 0.391 e. The Labute approximate surface area is 116 Å². The molecule has 1 aromatic carbocycles. The number of aliphatic hydroxyl groups is 1. The lowest BCUT2D eigenvalue weighted by atomic mass is 9.88. The first-order chi connectivity index (χ1) is 8.86. The molecule has 0 aliphatic heterocycles. The summed E-state index contributed by atoms with van der Waals surface area (Å²) in [5.41, 5.74) is 0.687.